The first-order valence-corrected chi connectivity index (χ1v) is 6.18. The molecule has 0 heterocycles. The van der Waals surface area contributed by atoms with Crippen LogP contribution in [-0.2, 0) is 4.74 Å². The molecule has 2 N–H and O–H groups in total. The van der Waals surface area contributed by atoms with E-state index >= 15 is 0 Å². The minimum absolute atomic E-state index is 0.156. The minimum atomic E-state index is 0.156. The molecule has 0 aromatic rings. The summed E-state index contributed by atoms with van der Waals surface area (Å²) in [4.78, 5) is 0. The fourth-order valence-corrected chi connectivity index (χ4v) is 1.77. The number of ether oxygens (including phenoxy) is 1. The van der Waals surface area contributed by atoms with Gasteiger partial charge in [-0.1, -0.05) is 34.6 Å². The van der Waals surface area contributed by atoms with Crippen molar-refractivity contribution in [2.75, 3.05) is 20.3 Å². The third-order valence-corrected chi connectivity index (χ3v) is 3.03. The maximum atomic E-state index is 9.11. The molecule has 0 bridgehead atoms. The van der Waals surface area contributed by atoms with Gasteiger partial charge < -0.3 is 15.2 Å². The summed E-state index contributed by atoms with van der Waals surface area (Å²) in [6.45, 7) is 11.9. The first-order valence-electron chi connectivity index (χ1n) is 6.18. The quantitative estimate of drug-likeness (QED) is 0.704. The lowest BCUT2D eigenvalue weighted by Crippen LogP contribution is -2.50. The largest absolute Gasteiger partial charge is 0.396 e. The van der Waals surface area contributed by atoms with Gasteiger partial charge in [0.2, 0.25) is 0 Å². The zero-order chi connectivity index (χ0) is 12.8. The lowest BCUT2D eigenvalue weighted by Gasteiger charge is -2.36. The number of hydrogen-bond acceptors (Lipinski definition) is 3. The molecule has 2 atom stereocenters. The van der Waals surface area contributed by atoms with E-state index in [1.165, 1.54) is 0 Å². The maximum Gasteiger partial charge on any atom is 0.0618 e. The van der Waals surface area contributed by atoms with Gasteiger partial charge in [-0.25, -0.2) is 0 Å². The van der Waals surface area contributed by atoms with Crippen molar-refractivity contribution in [3.63, 3.8) is 0 Å². The Labute approximate surface area is 101 Å². The Bertz CT molecular complexity index is 175. The highest BCUT2D eigenvalue weighted by Crippen LogP contribution is 2.23. The fraction of sp³-hybridized carbons (Fsp3) is 1.00. The Morgan fingerprint density at radius 3 is 2.12 bits per heavy atom. The van der Waals surface area contributed by atoms with Crippen LogP contribution in [0.25, 0.3) is 0 Å². The standard InChI is InChI=1S/C13H29NO2/c1-10(2)11(9-16-6)14-12(7-8-15)13(3,4)5/h10-12,14-15H,7-9H2,1-6H3. The number of aliphatic hydroxyl groups excluding tert-OH is 1. The molecule has 3 nitrogen and oxygen atoms in total. The molecule has 0 fully saturated rings. The second-order valence-corrected chi connectivity index (χ2v) is 5.90. The summed E-state index contributed by atoms with van der Waals surface area (Å²) in [6.07, 6.45) is 0.788. The van der Waals surface area contributed by atoms with Crippen LogP contribution >= 0.6 is 0 Å². The van der Waals surface area contributed by atoms with E-state index in [2.05, 4.69) is 39.9 Å². The Hall–Kier alpha value is -0.120. The molecule has 0 amide bonds. The van der Waals surface area contributed by atoms with Gasteiger partial charge in [-0.05, 0) is 17.8 Å². The molecule has 0 aromatic carbocycles. The molecule has 0 aliphatic heterocycles. The van der Waals surface area contributed by atoms with Crippen LogP contribution in [-0.4, -0.2) is 37.5 Å². The minimum Gasteiger partial charge on any atom is -0.396 e. The summed E-state index contributed by atoms with van der Waals surface area (Å²) in [5.41, 5.74) is 0.156. The van der Waals surface area contributed by atoms with Gasteiger partial charge in [0.15, 0.2) is 0 Å². The molecule has 0 aliphatic carbocycles. The lowest BCUT2D eigenvalue weighted by atomic mass is 9.84. The van der Waals surface area contributed by atoms with Gasteiger partial charge in [0.1, 0.15) is 0 Å². The van der Waals surface area contributed by atoms with Crippen molar-refractivity contribution in [2.45, 2.75) is 53.1 Å². The third kappa shape index (κ3) is 5.83. The van der Waals surface area contributed by atoms with Gasteiger partial charge in [-0.3, -0.25) is 0 Å². The average Bonchev–Trinajstić information content (AvgIpc) is 2.14. The van der Waals surface area contributed by atoms with Crippen molar-refractivity contribution in [3.05, 3.63) is 0 Å². The van der Waals surface area contributed by atoms with Crippen LogP contribution in [0.3, 0.4) is 0 Å². The smallest absolute Gasteiger partial charge is 0.0618 e. The number of nitrogens with one attached hydrogen (secondary N) is 1. The molecule has 16 heavy (non-hydrogen) atoms. The second kappa shape index (κ2) is 7.25. The highest BCUT2D eigenvalue weighted by atomic mass is 16.5. The van der Waals surface area contributed by atoms with Crippen LogP contribution in [0.5, 0.6) is 0 Å². The number of aliphatic hydroxyl groups is 1. The summed E-state index contributed by atoms with van der Waals surface area (Å²) in [5, 5.41) is 12.7. The van der Waals surface area contributed by atoms with Gasteiger partial charge in [0, 0.05) is 25.8 Å². The molecule has 98 valence electrons. The van der Waals surface area contributed by atoms with Crippen LogP contribution in [0.1, 0.15) is 41.0 Å². The molecule has 3 heteroatoms. The van der Waals surface area contributed by atoms with E-state index in [0.717, 1.165) is 13.0 Å². The van der Waals surface area contributed by atoms with Crippen LogP contribution in [0.2, 0.25) is 0 Å². The van der Waals surface area contributed by atoms with Crippen molar-refractivity contribution in [2.24, 2.45) is 11.3 Å². The maximum absolute atomic E-state index is 9.11. The molecule has 0 saturated carbocycles. The van der Waals surface area contributed by atoms with Gasteiger partial charge in [-0.2, -0.15) is 0 Å². The van der Waals surface area contributed by atoms with Gasteiger partial charge >= 0.3 is 0 Å². The fourth-order valence-electron chi connectivity index (χ4n) is 1.77. The molecule has 0 spiro atoms. The normalized spacial score (nSPS) is 16.5. The predicted octanol–water partition coefficient (Wildman–Crippen LogP) is 2.04. The molecule has 0 aliphatic rings. The Morgan fingerprint density at radius 1 is 1.25 bits per heavy atom. The van der Waals surface area contributed by atoms with Gasteiger partial charge in [-0.15, -0.1) is 0 Å². The zero-order valence-corrected chi connectivity index (χ0v) is 11.7. The molecular formula is C13H29NO2. The second-order valence-electron chi connectivity index (χ2n) is 5.90. The molecular weight excluding hydrogens is 202 g/mol. The van der Waals surface area contributed by atoms with E-state index in [4.69, 9.17) is 9.84 Å². The topological polar surface area (TPSA) is 41.5 Å². The van der Waals surface area contributed by atoms with E-state index in [9.17, 15) is 0 Å². The molecule has 0 rings (SSSR count). The molecule has 0 radical (unpaired) electrons. The number of rotatable bonds is 7. The Balaban J connectivity index is 4.45. The Morgan fingerprint density at radius 2 is 1.81 bits per heavy atom. The van der Waals surface area contributed by atoms with Gasteiger partial charge in [0.25, 0.3) is 0 Å². The van der Waals surface area contributed by atoms with Crippen LogP contribution < -0.4 is 5.32 Å². The monoisotopic (exact) mass is 231 g/mol. The van der Waals surface area contributed by atoms with Crippen molar-refractivity contribution in [3.8, 4) is 0 Å². The van der Waals surface area contributed by atoms with Crippen molar-refractivity contribution >= 4 is 0 Å². The number of methoxy groups -OCH3 is 1. The molecule has 2 unspecified atom stereocenters. The van der Waals surface area contributed by atoms with E-state index in [1.807, 2.05) is 0 Å². The van der Waals surface area contributed by atoms with Crippen LogP contribution in [0, 0.1) is 11.3 Å². The summed E-state index contributed by atoms with van der Waals surface area (Å²) in [6, 6.07) is 0.667. The zero-order valence-electron chi connectivity index (χ0n) is 11.7. The first-order chi connectivity index (χ1) is 7.32. The lowest BCUT2D eigenvalue weighted by molar-refractivity contribution is 0.113. The first kappa shape index (κ1) is 15.9. The van der Waals surface area contributed by atoms with Crippen molar-refractivity contribution < 1.29 is 9.84 Å². The van der Waals surface area contributed by atoms with Crippen LogP contribution in [0.4, 0.5) is 0 Å². The summed E-state index contributed by atoms with van der Waals surface area (Å²) >= 11 is 0. The van der Waals surface area contributed by atoms with E-state index < -0.39 is 0 Å². The summed E-state index contributed by atoms with van der Waals surface area (Å²) in [7, 11) is 1.73. The van der Waals surface area contributed by atoms with Gasteiger partial charge in [0.05, 0.1) is 6.61 Å². The Kier molecular flexibility index (Phi) is 7.20. The van der Waals surface area contributed by atoms with Crippen molar-refractivity contribution in [1.82, 2.24) is 5.32 Å². The highest BCUT2D eigenvalue weighted by Gasteiger charge is 2.27. The average molecular weight is 231 g/mol. The summed E-state index contributed by atoms with van der Waals surface area (Å²) in [5.74, 6) is 0.531. The number of hydrogen-bond donors (Lipinski definition) is 2. The molecule has 0 saturated heterocycles. The third-order valence-electron chi connectivity index (χ3n) is 3.03. The van der Waals surface area contributed by atoms with Crippen LogP contribution in [0.15, 0.2) is 0 Å². The molecule has 0 aromatic heterocycles. The summed E-state index contributed by atoms with van der Waals surface area (Å²) < 4.78 is 5.23. The van der Waals surface area contributed by atoms with E-state index in [-0.39, 0.29) is 12.0 Å². The van der Waals surface area contributed by atoms with E-state index in [0.29, 0.717) is 18.0 Å². The van der Waals surface area contributed by atoms with E-state index in [1.54, 1.807) is 7.11 Å². The highest BCUT2D eigenvalue weighted by molar-refractivity contribution is 4.84. The SMILES string of the molecule is COCC(NC(CCO)C(C)(C)C)C(C)C. The van der Waals surface area contributed by atoms with Crippen molar-refractivity contribution in [1.29, 1.82) is 0 Å². The predicted molar refractivity (Wildman–Crippen MR) is 68.6 cm³/mol.